The lowest BCUT2D eigenvalue weighted by Crippen LogP contribution is -2.16. The third-order valence-electron chi connectivity index (χ3n) is 4.94. The summed E-state index contributed by atoms with van der Waals surface area (Å²) in [5.74, 6) is 1.09. The van der Waals surface area contributed by atoms with Gasteiger partial charge in [0.2, 0.25) is 0 Å². The molecular formula is C25H25NO4. The number of benzene rings is 3. The Hall–Kier alpha value is -3.31. The Balaban J connectivity index is 1.35. The first-order valence-corrected chi connectivity index (χ1v) is 10.2. The van der Waals surface area contributed by atoms with Crippen molar-refractivity contribution >= 4 is 11.6 Å². The molecule has 154 valence electrons. The van der Waals surface area contributed by atoms with Crippen molar-refractivity contribution in [2.45, 2.75) is 25.6 Å². The van der Waals surface area contributed by atoms with Crippen LogP contribution in [0.1, 0.15) is 28.8 Å². The summed E-state index contributed by atoms with van der Waals surface area (Å²) in [6.07, 6.45) is 2.31. The number of hydrogen-bond acceptors (Lipinski definition) is 4. The highest BCUT2D eigenvalue weighted by Crippen LogP contribution is 2.23. The summed E-state index contributed by atoms with van der Waals surface area (Å²) in [5, 5.41) is 2.92. The predicted octanol–water partition coefficient (Wildman–Crippen LogP) is 5.08. The van der Waals surface area contributed by atoms with Crippen molar-refractivity contribution < 1.29 is 19.0 Å². The Morgan fingerprint density at radius 1 is 0.933 bits per heavy atom. The van der Waals surface area contributed by atoms with E-state index in [9.17, 15) is 4.79 Å². The maximum absolute atomic E-state index is 12.8. The Morgan fingerprint density at radius 2 is 1.70 bits per heavy atom. The van der Waals surface area contributed by atoms with Crippen LogP contribution in [0.4, 0.5) is 5.69 Å². The van der Waals surface area contributed by atoms with Crippen molar-refractivity contribution in [1.29, 1.82) is 0 Å². The summed E-state index contributed by atoms with van der Waals surface area (Å²) < 4.78 is 17.2. The zero-order valence-corrected chi connectivity index (χ0v) is 16.8. The van der Waals surface area contributed by atoms with E-state index in [0.717, 1.165) is 30.8 Å². The zero-order valence-electron chi connectivity index (χ0n) is 16.8. The summed E-state index contributed by atoms with van der Waals surface area (Å²) in [6, 6.07) is 24.5. The minimum Gasteiger partial charge on any atom is -0.491 e. The minimum atomic E-state index is -0.216. The van der Waals surface area contributed by atoms with E-state index >= 15 is 0 Å². The fourth-order valence-corrected chi connectivity index (χ4v) is 3.31. The van der Waals surface area contributed by atoms with Crippen LogP contribution in [-0.2, 0) is 11.3 Å². The van der Waals surface area contributed by atoms with E-state index in [1.54, 1.807) is 12.1 Å². The molecule has 30 heavy (non-hydrogen) atoms. The van der Waals surface area contributed by atoms with Crippen LogP contribution in [0.5, 0.6) is 11.5 Å². The van der Waals surface area contributed by atoms with Gasteiger partial charge in [-0.25, -0.2) is 0 Å². The normalized spacial score (nSPS) is 15.5. The fourth-order valence-electron chi connectivity index (χ4n) is 3.31. The number of hydrogen-bond donors (Lipinski definition) is 1. The van der Waals surface area contributed by atoms with Crippen LogP contribution < -0.4 is 14.8 Å². The standard InChI is InChI=1S/C25H25NO4/c27-25(23-10-4-5-11-24(23)30-17-19-7-2-1-3-8-19)26-20-12-14-21(15-13-20)29-18-22-9-6-16-28-22/h1-5,7-8,10-15,22H,6,9,16-18H2,(H,26,27). The van der Waals surface area contributed by atoms with Gasteiger partial charge in [0.15, 0.2) is 0 Å². The van der Waals surface area contributed by atoms with Gasteiger partial charge in [-0.1, -0.05) is 42.5 Å². The van der Waals surface area contributed by atoms with Gasteiger partial charge in [-0.2, -0.15) is 0 Å². The van der Waals surface area contributed by atoms with Crippen molar-refractivity contribution in [3.05, 3.63) is 90.0 Å². The van der Waals surface area contributed by atoms with Crippen LogP contribution in [0.2, 0.25) is 0 Å². The molecule has 5 heteroatoms. The SMILES string of the molecule is O=C(Nc1ccc(OCC2CCCO2)cc1)c1ccccc1OCc1ccccc1. The maximum Gasteiger partial charge on any atom is 0.259 e. The number of carbonyl (C=O) groups is 1. The van der Waals surface area contributed by atoms with Crippen molar-refractivity contribution in [2.24, 2.45) is 0 Å². The highest BCUT2D eigenvalue weighted by molar-refractivity contribution is 6.06. The third kappa shape index (κ3) is 5.39. The largest absolute Gasteiger partial charge is 0.491 e. The molecule has 1 unspecified atom stereocenters. The first kappa shape index (κ1) is 20.0. The maximum atomic E-state index is 12.8. The molecule has 1 N–H and O–H groups in total. The number of ether oxygens (including phenoxy) is 3. The molecule has 1 fully saturated rings. The molecule has 3 aromatic carbocycles. The van der Waals surface area contributed by atoms with Gasteiger partial charge in [0.05, 0.1) is 11.7 Å². The summed E-state index contributed by atoms with van der Waals surface area (Å²) in [4.78, 5) is 12.8. The van der Waals surface area contributed by atoms with E-state index in [1.807, 2.05) is 66.7 Å². The molecule has 1 atom stereocenters. The van der Waals surface area contributed by atoms with E-state index in [1.165, 1.54) is 0 Å². The third-order valence-corrected chi connectivity index (χ3v) is 4.94. The number of anilines is 1. The van der Waals surface area contributed by atoms with Gasteiger partial charge < -0.3 is 19.5 Å². The van der Waals surface area contributed by atoms with Crippen LogP contribution in [-0.4, -0.2) is 25.2 Å². The van der Waals surface area contributed by atoms with Gasteiger partial charge in [-0.3, -0.25) is 4.79 Å². The van der Waals surface area contributed by atoms with Gasteiger partial charge in [0, 0.05) is 12.3 Å². The first-order valence-electron chi connectivity index (χ1n) is 10.2. The predicted molar refractivity (Wildman–Crippen MR) is 116 cm³/mol. The average molecular weight is 403 g/mol. The Kier molecular flexibility index (Phi) is 6.62. The van der Waals surface area contributed by atoms with Crippen LogP contribution in [0.25, 0.3) is 0 Å². The van der Waals surface area contributed by atoms with Gasteiger partial charge in [-0.05, 0) is 54.8 Å². The van der Waals surface area contributed by atoms with E-state index in [-0.39, 0.29) is 12.0 Å². The number of nitrogens with one attached hydrogen (secondary N) is 1. The Labute approximate surface area is 176 Å². The summed E-state index contributed by atoms with van der Waals surface area (Å²) in [5.41, 5.74) is 2.24. The zero-order chi connectivity index (χ0) is 20.6. The molecule has 0 radical (unpaired) electrons. The van der Waals surface area contributed by atoms with Crippen molar-refractivity contribution in [3.8, 4) is 11.5 Å². The number of para-hydroxylation sites is 1. The van der Waals surface area contributed by atoms with Gasteiger partial charge in [-0.15, -0.1) is 0 Å². The van der Waals surface area contributed by atoms with E-state index in [0.29, 0.717) is 30.2 Å². The molecule has 5 nitrogen and oxygen atoms in total. The average Bonchev–Trinajstić information content (AvgIpc) is 3.32. The lowest BCUT2D eigenvalue weighted by molar-refractivity contribution is 0.0679. The van der Waals surface area contributed by atoms with Crippen molar-refractivity contribution in [2.75, 3.05) is 18.5 Å². The molecule has 1 saturated heterocycles. The molecule has 4 rings (SSSR count). The quantitative estimate of drug-likeness (QED) is 0.570. The molecule has 1 amide bonds. The summed E-state index contributed by atoms with van der Waals surface area (Å²) >= 11 is 0. The van der Waals surface area contributed by atoms with E-state index < -0.39 is 0 Å². The molecule has 3 aromatic rings. The second kappa shape index (κ2) is 9.94. The number of rotatable bonds is 8. The first-order chi connectivity index (χ1) is 14.8. The molecular weight excluding hydrogens is 378 g/mol. The molecule has 0 spiro atoms. The second-order valence-corrected chi connectivity index (χ2v) is 7.19. The van der Waals surface area contributed by atoms with Crippen LogP contribution in [0, 0.1) is 0 Å². The lowest BCUT2D eigenvalue weighted by Gasteiger charge is -2.13. The van der Waals surface area contributed by atoms with Crippen LogP contribution in [0.3, 0.4) is 0 Å². The monoisotopic (exact) mass is 403 g/mol. The van der Waals surface area contributed by atoms with Crippen molar-refractivity contribution in [1.82, 2.24) is 0 Å². The molecule has 0 bridgehead atoms. The summed E-state index contributed by atoms with van der Waals surface area (Å²) in [7, 11) is 0. The lowest BCUT2D eigenvalue weighted by atomic mass is 10.1. The van der Waals surface area contributed by atoms with E-state index in [4.69, 9.17) is 14.2 Å². The Bertz CT molecular complexity index is 950. The summed E-state index contributed by atoms with van der Waals surface area (Å²) in [6.45, 7) is 1.77. The fraction of sp³-hybridized carbons (Fsp3) is 0.240. The smallest absolute Gasteiger partial charge is 0.259 e. The highest BCUT2D eigenvalue weighted by atomic mass is 16.5. The molecule has 1 aliphatic rings. The van der Waals surface area contributed by atoms with Gasteiger partial charge in [0.25, 0.3) is 5.91 Å². The number of carbonyl (C=O) groups excluding carboxylic acids is 1. The Morgan fingerprint density at radius 3 is 2.47 bits per heavy atom. The molecule has 1 heterocycles. The van der Waals surface area contributed by atoms with Crippen LogP contribution >= 0.6 is 0 Å². The topological polar surface area (TPSA) is 56.8 Å². The minimum absolute atomic E-state index is 0.178. The highest BCUT2D eigenvalue weighted by Gasteiger charge is 2.16. The molecule has 0 aromatic heterocycles. The van der Waals surface area contributed by atoms with Gasteiger partial charge in [0.1, 0.15) is 24.7 Å². The molecule has 1 aliphatic heterocycles. The molecule has 0 saturated carbocycles. The van der Waals surface area contributed by atoms with E-state index in [2.05, 4.69) is 5.32 Å². The molecule has 0 aliphatic carbocycles. The number of amides is 1. The van der Waals surface area contributed by atoms with Crippen molar-refractivity contribution in [3.63, 3.8) is 0 Å². The van der Waals surface area contributed by atoms with Gasteiger partial charge >= 0.3 is 0 Å². The second-order valence-electron chi connectivity index (χ2n) is 7.19. The van der Waals surface area contributed by atoms with Crippen LogP contribution in [0.15, 0.2) is 78.9 Å².